The lowest BCUT2D eigenvalue weighted by Gasteiger charge is -2.26. The van der Waals surface area contributed by atoms with Crippen molar-refractivity contribution in [2.24, 2.45) is 0 Å². The lowest BCUT2D eigenvalue weighted by atomic mass is 10.0. The van der Waals surface area contributed by atoms with Crippen LogP contribution in [0.4, 0.5) is 0 Å². The molecule has 2 heterocycles. The van der Waals surface area contributed by atoms with Gasteiger partial charge in [-0.2, -0.15) is 0 Å². The molecule has 1 unspecified atom stereocenters. The Morgan fingerprint density at radius 3 is 2.56 bits per heavy atom. The molecule has 4 nitrogen and oxygen atoms in total. The number of nitrogens with one attached hydrogen (secondary N) is 1. The lowest BCUT2D eigenvalue weighted by molar-refractivity contribution is 0.0425. The number of aryl methyl sites for hydroxylation is 1. The molecule has 0 saturated heterocycles. The molecular formula is C14H17N3O. The third-order valence-corrected chi connectivity index (χ3v) is 2.94. The minimum atomic E-state index is -1.35. The fraction of sp³-hybridized carbons (Fsp3) is 0.286. The van der Waals surface area contributed by atoms with E-state index in [-0.39, 0.29) is 0 Å². The van der Waals surface area contributed by atoms with Crippen LogP contribution in [-0.2, 0) is 12.1 Å². The highest BCUT2D eigenvalue weighted by atomic mass is 16.3. The number of pyridine rings is 2. The van der Waals surface area contributed by atoms with E-state index in [4.69, 9.17) is 0 Å². The zero-order chi connectivity index (χ0) is 13.0. The second-order valence-electron chi connectivity index (χ2n) is 4.04. The van der Waals surface area contributed by atoms with Crippen LogP contribution in [-0.4, -0.2) is 22.1 Å². The van der Waals surface area contributed by atoms with Crippen molar-refractivity contribution in [3.05, 3.63) is 59.7 Å². The fourth-order valence-electron chi connectivity index (χ4n) is 1.84. The van der Waals surface area contributed by atoms with E-state index >= 15 is 0 Å². The molecular weight excluding hydrogens is 226 g/mol. The summed E-state index contributed by atoms with van der Waals surface area (Å²) in [5.74, 6) is 0. The molecule has 1 atom stereocenters. The third-order valence-electron chi connectivity index (χ3n) is 2.94. The van der Waals surface area contributed by atoms with Crippen molar-refractivity contribution < 1.29 is 5.11 Å². The Hall–Kier alpha value is -1.78. The van der Waals surface area contributed by atoms with E-state index in [1.54, 1.807) is 25.4 Å². The molecule has 0 aliphatic heterocycles. The monoisotopic (exact) mass is 243 g/mol. The normalized spacial score (nSPS) is 14.2. The maximum absolute atomic E-state index is 10.7. The van der Waals surface area contributed by atoms with Gasteiger partial charge in [0.05, 0.1) is 11.4 Å². The number of rotatable bonds is 4. The summed E-state index contributed by atoms with van der Waals surface area (Å²) in [5, 5.41) is 13.6. The first-order chi connectivity index (χ1) is 8.70. The second-order valence-corrected chi connectivity index (χ2v) is 4.04. The van der Waals surface area contributed by atoms with E-state index < -0.39 is 5.72 Å². The highest BCUT2D eigenvalue weighted by molar-refractivity contribution is 5.27. The molecule has 2 aromatic heterocycles. The summed E-state index contributed by atoms with van der Waals surface area (Å²) < 4.78 is 0. The van der Waals surface area contributed by atoms with Gasteiger partial charge in [-0.05, 0) is 37.7 Å². The van der Waals surface area contributed by atoms with Crippen molar-refractivity contribution in [3.63, 3.8) is 0 Å². The summed E-state index contributed by atoms with van der Waals surface area (Å²) >= 11 is 0. The molecule has 0 aliphatic rings. The molecule has 18 heavy (non-hydrogen) atoms. The quantitative estimate of drug-likeness (QED) is 0.798. The highest BCUT2D eigenvalue weighted by Gasteiger charge is 2.32. The first kappa shape index (κ1) is 12.7. The lowest BCUT2D eigenvalue weighted by Crippen LogP contribution is -2.42. The van der Waals surface area contributed by atoms with Crippen LogP contribution < -0.4 is 5.32 Å². The van der Waals surface area contributed by atoms with Crippen LogP contribution in [0.5, 0.6) is 0 Å². The zero-order valence-corrected chi connectivity index (χ0v) is 10.6. The van der Waals surface area contributed by atoms with E-state index in [0.29, 0.717) is 11.4 Å². The smallest absolute Gasteiger partial charge is 0.203 e. The molecule has 4 heteroatoms. The SMILES string of the molecule is CCc1cccc(C(O)(NC)c2ccccn2)n1. The maximum Gasteiger partial charge on any atom is 0.203 e. The van der Waals surface area contributed by atoms with Gasteiger partial charge in [0.15, 0.2) is 0 Å². The first-order valence-electron chi connectivity index (χ1n) is 6.00. The average Bonchev–Trinajstić information content (AvgIpc) is 2.47. The van der Waals surface area contributed by atoms with Gasteiger partial charge in [0, 0.05) is 11.9 Å². The van der Waals surface area contributed by atoms with Gasteiger partial charge in [-0.25, -0.2) is 0 Å². The molecule has 0 amide bonds. The number of hydrogen-bond donors (Lipinski definition) is 2. The summed E-state index contributed by atoms with van der Waals surface area (Å²) in [6, 6.07) is 11.1. The Balaban J connectivity index is 2.49. The Kier molecular flexibility index (Phi) is 3.69. The molecule has 0 saturated carbocycles. The van der Waals surface area contributed by atoms with Gasteiger partial charge in [0.2, 0.25) is 5.72 Å². The molecule has 0 radical (unpaired) electrons. The first-order valence-corrected chi connectivity index (χ1v) is 6.00. The Labute approximate surface area is 107 Å². The summed E-state index contributed by atoms with van der Waals surface area (Å²) in [6.07, 6.45) is 2.48. The summed E-state index contributed by atoms with van der Waals surface area (Å²) in [6.45, 7) is 2.03. The molecule has 0 aliphatic carbocycles. The van der Waals surface area contributed by atoms with E-state index in [0.717, 1.165) is 12.1 Å². The van der Waals surface area contributed by atoms with Crippen LogP contribution in [0.3, 0.4) is 0 Å². The summed E-state index contributed by atoms with van der Waals surface area (Å²) in [7, 11) is 1.69. The molecule has 2 rings (SSSR count). The van der Waals surface area contributed by atoms with Gasteiger partial charge >= 0.3 is 0 Å². The molecule has 0 spiro atoms. The van der Waals surface area contributed by atoms with Crippen LogP contribution in [0.25, 0.3) is 0 Å². The van der Waals surface area contributed by atoms with Crippen LogP contribution in [0.2, 0.25) is 0 Å². The van der Waals surface area contributed by atoms with Gasteiger partial charge in [-0.3, -0.25) is 15.3 Å². The number of aromatic nitrogens is 2. The van der Waals surface area contributed by atoms with Crippen molar-refractivity contribution in [1.29, 1.82) is 0 Å². The molecule has 0 bridgehead atoms. The standard InChI is InChI=1S/C14H17N3O/c1-3-11-7-6-9-13(17-11)14(18,15-2)12-8-4-5-10-16-12/h4-10,15,18H,3H2,1-2H3. The minimum absolute atomic E-state index is 0.535. The van der Waals surface area contributed by atoms with Crippen molar-refractivity contribution >= 4 is 0 Å². The molecule has 2 aromatic rings. The van der Waals surface area contributed by atoms with Gasteiger partial charge in [-0.15, -0.1) is 0 Å². The van der Waals surface area contributed by atoms with Crippen molar-refractivity contribution in [2.75, 3.05) is 7.05 Å². The zero-order valence-electron chi connectivity index (χ0n) is 10.6. The van der Waals surface area contributed by atoms with Crippen molar-refractivity contribution in [2.45, 2.75) is 19.1 Å². The Morgan fingerprint density at radius 1 is 1.17 bits per heavy atom. The van der Waals surface area contributed by atoms with E-state index in [2.05, 4.69) is 15.3 Å². The fourth-order valence-corrected chi connectivity index (χ4v) is 1.84. The largest absolute Gasteiger partial charge is 0.365 e. The Morgan fingerprint density at radius 2 is 1.94 bits per heavy atom. The van der Waals surface area contributed by atoms with Crippen LogP contribution in [0, 0.1) is 0 Å². The topological polar surface area (TPSA) is 58.0 Å². The number of nitrogens with zero attached hydrogens (tertiary/aromatic N) is 2. The molecule has 2 N–H and O–H groups in total. The molecule has 94 valence electrons. The predicted octanol–water partition coefficient (Wildman–Crippen LogP) is 1.45. The van der Waals surface area contributed by atoms with E-state index in [9.17, 15) is 5.11 Å². The summed E-state index contributed by atoms with van der Waals surface area (Å²) in [5.41, 5.74) is 0.681. The van der Waals surface area contributed by atoms with Crippen molar-refractivity contribution in [1.82, 2.24) is 15.3 Å². The van der Waals surface area contributed by atoms with Gasteiger partial charge in [0.1, 0.15) is 0 Å². The molecule has 0 fully saturated rings. The maximum atomic E-state index is 10.7. The van der Waals surface area contributed by atoms with Crippen LogP contribution in [0.15, 0.2) is 42.6 Å². The highest BCUT2D eigenvalue weighted by Crippen LogP contribution is 2.23. The average molecular weight is 243 g/mol. The third kappa shape index (κ3) is 2.25. The van der Waals surface area contributed by atoms with Crippen LogP contribution >= 0.6 is 0 Å². The van der Waals surface area contributed by atoms with Crippen molar-refractivity contribution in [3.8, 4) is 0 Å². The van der Waals surface area contributed by atoms with E-state index in [1.165, 1.54) is 0 Å². The summed E-state index contributed by atoms with van der Waals surface area (Å²) in [4.78, 5) is 8.66. The van der Waals surface area contributed by atoms with Crippen LogP contribution in [0.1, 0.15) is 24.0 Å². The van der Waals surface area contributed by atoms with Gasteiger partial charge in [-0.1, -0.05) is 19.1 Å². The number of hydrogen-bond acceptors (Lipinski definition) is 4. The van der Waals surface area contributed by atoms with E-state index in [1.807, 2.05) is 31.2 Å². The number of aliphatic hydroxyl groups is 1. The van der Waals surface area contributed by atoms with Gasteiger partial charge < -0.3 is 5.11 Å². The second kappa shape index (κ2) is 5.25. The molecule has 0 aromatic carbocycles. The Bertz CT molecular complexity index is 515. The minimum Gasteiger partial charge on any atom is -0.365 e. The predicted molar refractivity (Wildman–Crippen MR) is 69.9 cm³/mol. The van der Waals surface area contributed by atoms with Gasteiger partial charge in [0.25, 0.3) is 0 Å².